The number of hydrogen-bond acceptors (Lipinski definition) is 4. The molecule has 0 radical (unpaired) electrons. The van der Waals surface area contributed by atoms with Gasteiger partial charge >= 0.3 is 0 Å². The second-order valence-corrected chi connectivity index (χ2v) is 6.54. The molecule has 2 aromatic heterocycles. The van der Waals surface area contributed by atoms with Crippen LogP contribution in [0.3, 0.4) is 0 Å². The number of aromatic nitrogens is 4. The minimum absolute atomic E-state index is 0.275. The lowest BCUT2D eigenvalue weighted by molar-refractivity contribution is 0.0948. The van der Waals surface area contributed by atoms with Crippen molar-refractivity contribution in [2.24, 2.45) is 0 Å². The smallest absolute Gasteiger partial charge is 0.271 e. The van der Waals surface area contributed by atoms with Crippen molar-refractivity contribution in [2.45, 2.75) is 13.3 Å². The largest absolute Gasteiger partial charge is 0.350 e. The second-order valence-electron chi connectivity index (χ2n) is 6.54. The number of rotatable bonds is 5. The zero-order valence-corrected chi connectivity index (χ0v) is 15.3. The normalized spacial score (nSPS) is 10.9. The summed E-state index contributed by atoms with van der Waals surface area (Å²) in [4.78, 5) is 12.6. The van der Waals surface area contributed by atoms with Crippen LogP contribution in [0.1, 0.15) is 21.6 Å². The Morgan fingerprint density at radius 3 is 2.61 bits per heavy atom. The number of benzene rings is 2. The lowest BCUT2D eigenvalue weighted by atomic mass is 10.0. The fourth-order valence-electron chi connectivity index (χ4n) is 2.95. The third-order valence-corrected chi connectivity index (χ3v) is 4.48. The molecule has 0 bridgehead atoms. The molecule has 0 aliphatic rings. The van der Waals surface area contributed by atoms with E-state index >= 15 is 0 Å². The van der Waals surface area contributed by atoms with Crippen molar-refractivity contribution in [2.75, 3.05) is 6.54 Å². The maximum absolute atomic E-state index is 13.0. The highest BCUT2D eigenvalue weighted by molar-refractivity contribution is 5.94. The van der Waals surface area contributed by atoms with E-state index in [-0.39, 0.29) is 17.4 Å². The number of carbonyl (C=O) groups is 1. The fraction of sp³-hybridized carbons (Fsp3) is 0.143. The Labute approximate surface area is 161 Å². The number of nitrogens with zero attached hydrogens (tertiary/aromatic N) is 4. The van der Waals surface area contributed by atoms with Crippen LogP contribution in [-0.4, -0.2) is 32.3 Å². The average Bonchev–Trinajstić information content (AvgIpc) is 3.18. The van der Waals surface area contributed by atoms with Crippen LogP contribution in [0.4, 0.5) is 4.39 Å². The Hall–Kier alpha value is -3.61. The van der Waals surface area contributed by atoms with Crippen LogP contribution in [0.15, 0.2) is 60.9 Å². The van der Waals surface area contributed by atoms with Crippen LogP contribution in [0.25, 0.3) is 16.8 Å². The first-order valence-electron chi connectivity index (χ1n) is 8.91. The van der Waals surface area contributed by atoms with Gasteiger partial charge in [0.15, 0.2) is 5.65 Å². The van der Waals surface area contributed by atoms with Crippen LogP contribution >= 0.6 is 0 Å². The molecule has 2 heterocycles. The molecule has 0 aliphatic heterocycles. The molecule has 0 unspecified atom stereocenters. The standard InChI is InChI=1S/C21H18FN5O/c1-14-2-6-16(7-3-14)18-12-19(26-27-13-24-25-20(18)27)21(28)23-11-10-15-4-8-17(22)9-5-15/h2-9,12-13H,10-11H2,1H3,(H,23,28). The third kappa shape index (κ3) is 3.73. The molecule has 2 aromatic carbocycles. The number of halogens is 1. The predicted octanol–water partition coefficient (Wildman–Crippen LogP) is 3.21. The number of fused-ring (bicyclic) bond motifs is 1. The van der Waals surface area contributed by atoms with Crippen LogP contribution in [0.2, 0.25) is 0 Å². The summed E-state index contributed by atoms with van der Waals surface area (Å²) >= 11 is 0. The third-order valence-electron chi connectivity index (χ3n) is 4.48. The zero-order valence-electron chi connectivity index (χ0n) is 15.3. The Morgan fingerprint density at radius 2 is 1.86 bits per heavy atom. The van der Waals surface area contributed by atoms with E-state index < -0.39 is 0 Å². The molecule has 6 nitrogen and oxygen atoms in total. The molecule has 0 saturated carbocycles. The summed E-state index contributed by atoms with van der Waals surface area (Å²) in [5.74, 6) is -0.561. The van der Waals surface area contributed by atoms with Gasteiger partial charge in [0.25, 0.3) is 5.91 Å². The number of hydrogen-bond donors (Lipinski definition) is 1. The first-order valence-corrected chi connectivity index (χ1v) is 8.91. The molecule has 28 heavy (non-hydrogen) atoms. The van der Waals surface area contributed by atoms with Gasteiger partial charge in [0.05, 0.1) is 0 Å². The van der Waals surface area contributed by atoms with Gasteiger partial charge in [-0.15, -0.1) is 10.2 Å². The number of nitrogens with one attached hydrogen (secondary N) is 1. The molecule has 0 saturated heterocycles. The van der Waals surface area contributed by atoms with Gasteiger partial charge in [-0.2, -0.15) is 9.61 Å². The van der Waals surface area contributed by atoms with Gasteiger partial charge < -0.3 is 5.32 Å². The summed E-state index contributed by atoms with van der Waals surface area (Å²) in [6, 6.07) is 15.9. The topological polar surface area (TPSA) is 72.2 Å². The Balaban J connectivity index is 1.55. The molecule has 1 N–H and O–H groups in total. The summed E-state index contributed by atoms with van der Waals surface area (Å²) in [6.45, 7) is 2.44. The number of carbonyl (C=O) groups excluding carboxylic acids is 1. The van der Waals surface area contributed by atoms with Crippen molar-refractivity contribution in [1.29, 1.82) is 0 Å². The summed E-state index contributed by atoms with van der Waals surface area (Å²) in [7, 11) is 0. The molecule has 4 aromatic rings. The molecule has 0 fully saturated rings. The lowest BCUT2D eigenvalue weighted by Gasteiger charge is -2.08. The molecule has 0 atom stereocenters. The predicted molar refractivity (Wildman–Crippen MR) is 103 cm³/mol. The maximum atomic E-state index is 13.0. The van der Waals surface area contributed by atoms with E-state index in [2.05, 4.69) is 20.6 Å². The van der Waals surface area contributed by atoms with Gasteiger partial charge in [0, 0.05) is 12.1 Å². The van der Waals surface area contributed by atoms with E-state index in [1.54, 1.807) is 18.2 Å². The van der Waals surface area contributed by atoms with Crippen LogP contribution in [0, 0.1) is 12.7 Å². The van der Waals surface area contributed by atoms with Crippen molar-refractivity contribution in [3.05, 3.63) is 83.6 Å². The Bertz CT molecular complexity index is 1120. The van der Waals surface area contributed by atoms with Gasteiger partial charge in [-0.3, -0.25) is 4.79 Å². The molecule has 140 valence electrons. The highest BCUT2D eigenvalue weighted by Crippen LogP contribution is 2.24. The molecule has 4 rings (SSSR count). The van der Waals surface area contributed by atoms with Crippen molar-refractivity contribution in [1.82, 2.24) is 25.1 Å². The summed E-state index contributed by atoms with van der Waals surface area (Å²) < 4.78 is 14.5. The van der Waals surface area contributed by atoms with Gasteiger partial charge in [0.1, 0.15) is 17.8 Å². The average molecular weight is 375 g/mol. The molecular weight excluding hydrogens is 357 g/mol. The molecular formula is C21H18FN5O. The molecule has 0 aliphatic carbocycles. The Morgan fingerprint density at radius 1 is 1.11 bits per heavy atom. The summed E-state index contributed by atoms with van der Waals surface area (Å²) in [5.41, 5.74) is 4.69. The molecule has 0 spiro atoms. The van der Waals surface area contributed by atoms with E-state index in [0.29, 0.717) is 18.6 Å². The second kappa shape index (κ2) is 7.56. The monoisotopic (exact) mass is 375 g/mol. The summed E-state index contributed by atoms with van der Waals surface area (Å²) in [6.07, 6.45) is 2.08. The highest BCUT2D eigenvalue weighted by Gasteiger charge is 2.15. The van der Waals surface area contributed by atoms with Crippen LogP contribution < -0.4 is 5.32 Å². The van der Waals surface area contributed by atoms with Crippen molar-refractivity contribution in [3.63, 3.8) is 0 Å². The SMILES string of the molecule is Cc1ccc(-c2cc(C(=O)NCCc3ccc(F)cc3)nn3cnnc23)cc1. The Kier molecular flexibility index (Phi) is 4.80. The molecule has 1 amide bonds. The summed E-state index contributed by atoms with van der Waals surface area (Å²) in [5, 5.41) is 15.2. The van der Waals surface area contributed by atoms with Gasteiger partial charge in [-0.1, -0.05) is 42.0 Å². The fourth-order valence-corrected chi connectivity index (χ4v) is 2.95. The zero-order chi connectivity index (χ0) is 19.5. The van der Waals surface area contributed by atoms with E-state index in [4.69, 9.17) is 0 Å². The minimum atomic E-state index is -0.286. The first kappa shape index (κ1) is 17.8. The minimum Gasteiger partial charge on any atom is -0.350 e. The van der Waals surface area contributed by atoms with Crippen LogP contribution in [-0.2, 0) is 6.42 Å². The van der Waals surface area contributed by atoms with Gasteiger partial charge in [-0.25, -0.2) is 4.39 Å². The van der Waals surface area contributed by atoms with Gasteiger partial charge in [0.2, 0.25) is 0 Å². The number of aryl methyl sites for hydroxylation is 1. The van der Waals surface area contributed by atoms with E-state index in [1.807, 2.05) is 31.2 Å². The quantitative estimate of drug-likeness (QED) is 0.581. The molecule has 7 heteroatoms. The first-order chi connectivity index (χ1) is 13.6. The van der Waals surface area contributed by atoms with Crippen LogP contribution in [0.5, 0.6) is 0 Å². The van der Waals surface area contributed by atoms with Gasteiger partial charge in [-0.05, 0) is 42.7 Å². The van der Waals surface area contributed by atoms with E-state index in [9.17, 15) is 9.18 Å². The van der Waals surface area contributed by atoms with E-state index in [0.717, 1.165) is 22.3 Å². The van der Waals surface area contributed by atoms with E-state index in [1.165, 1.54) is 23.0 Å². The van der Waals surface area contributed by atoms with Crippen molar-refractivity contribution in [3.8, 4) is 11.1 Å². The maximum Gasteiger partial charge on any atom is 0.271 e. The lowest BCUT2D eigenvalue weighted by Crippen LogP contribution is -2.27. The number of amides is 1. The highest BCUT2D eigenvalue weighted by atomic mass is 19.1. The van der Waals surface area contributed by atoms with Crippen molar-refractivity contribution < 1.29 is 9.18 Å². The van der Waals surface area contributed by atoms with Crippen molar-refractivity contribution >= 4 is 11.6 Å².